The first kappa shape index (κ1) is 18.2. The molecule has 0 radical (unpaired) electrons. The first-order valence-electron chi connectivity index (χ1n) is 10.0. The van der Waals surface area contributed by atoms with E-state index in [9.17, 15) is 4.79 Å². The molecule has 2 aliphatic rings. The lowest BCUT2D eigenvalue weighted by Gasteiger charge is -2.18. The van der Waals surface area contributed by atoms with Crippen LogP contribution in [0.2, 0.25) is 0 Å². The van der Waals surface area contributed by atoms with Crippen molar-refractivity contribution in [3.63, 3.8) is 0 Å². The van der Waals surface area contributed by atoms with E-state index in [1.54, 1.807) is 0 Å². The number of allylic oxidation sites excluding steroid dienone is 2. The summed E-state index contributed by atoms with van der Waals surface area (Å²) in [5.41, 5.74) is 2.06. The molecule has 2 aromatic rings. The Hall–Kier alpha value is -2.21. The molecule has 0 spiro atoms. The van der Waals surface area contributed by atoms with Gasteiger partial charge in [-0.05, 0) is 51.4 Å². The van der Waals surface area contributed by atoms with Gasteiger partial charge in [0.05, 0.1) is 12.2 Å². The second-order valence-electron chi connectivity index (χ2n) is 8.08. The van der Waals surface area contributed by atoms with E-state index in [1.165, 1.54) is 0 Å². The van der Waals surface area contributed by atoms with E-state index in [1.807, 2.05) is 21.8 Å². The minimum atomic E-state index is 0.295. The Bertz CT molecular complexity index is 840. The van der Waals surface area contributed by atoms with Gasteiger partial charge in [-0.15, -0.1) is 0 Å². The number of fused-ring (bicyclic) bond motifs is 1. The molecule has 0 aromatic carbocycles. The predicted octanol–water partition coefficient (Wildman–Crippen LogP) is 2.67. The van der Waals surface area contributed by atoms with Crippen molar-refractivity contribution in [3.8, 4) is 0 Å². The molecule has 27 heavy (non-hydrogen) atoms. The SMILES string of the molecule is CN(C)CCn1nc([C@H]2CCN(C(=O)C[C@H]3C=CCC3)C2)c2cccnc21. The van der Waals surface area contributed by atoms with Gasteiger partial charge in [0.15, 0.2) is 5.65 Å². The minimum Gasteiger partial charge on any atom is -0.342 e. The van der Waals surface area contributed by atoms with Crippen LogP contribution in [0.5, 0.6) is 0 Å². The van der Waals surface area contributed by atoms with Crippen LogP contribution in [0.4, 0.5) is 0 Å². The second kappa shape index (κ2) is 7.80. The highest BCUT2D eigenvalue weighted by Gasteiger charge is 2.31. The fourth-order valence-corrected chi connectivity index (χ4v) is 4.21. The Morgan fingerprint density at radius 3 is 3.00 bits per heavy atom. The predicted molar refractivity (Wildman–Crippen MR) is 107 cm³/mol. The maximum Gasteiger partial charge on any atom is 0.223 e. The summed E-state index contributed by atoms with van der Waals surface area (Å²) in [6.07, 6.45) is 10.1. The zero-order chi connectivity index (χ0) is 18.8. The van der Waals surface area contributed by atoms with Gasteiger partial charge >= 0.3 is 0 Å². The maximum atomic E-state index is 12.7. The molecule has 3 heterocycles. The van der Waals surface area contributed by atoms with E-state index in [4.69, 9.17) is 5.10 Å². The molecule has 0 saturated carbocycles. The summed E-state index contributed by atoms with van der Waals surface area (Å²) >= 11 is 0. The molecule has 2 atom stereocenters. The molecule has 4 rings (SSSR count). The van der Waals surface area contributed by atoms with E-state index in [-0.39, 0.29) is 0 Å². The van der Waals surface area contributed by atoms with Crippen LogP contribution in [0.15, 0.2) is 30.5 Å². The van der Waals surface area contributed by atoms with Crippen molar-refractivity contribution in [1.29, 1.82) is 0 Å². The third kappa shape index (κ3) is 3.90. The van der Waals surface area contributed by atoms with Gasteiger partial charge < -0.3 is 9.80 Å². The summed E-state index contributed by atoms with van der Waals surface area (Å²) in [6.45, 7) is 3.37. The number of carbonyl (C=O) groups is 1. The van der Waals surface area contributed by atoms with Crippen molar-refractivity contribution < 1.29 is 4.79 Å². The lowest BCUT2D eigenvalue weighted by Crippen LogP contribution is -2.29. The number of amides is 1. The van der Waals surface area contributed by atoms with E-state index in [0.29, 0.717) is 24.2 Å². The number of likely N-dealkylation sites (tertiary alicyclic amines) is 1. The Morgan fingerprint density at radius 2 is 2.22 bits per heavy atom. The highest BCUT2D eigenvalue weighted by molar-refractivity contribution is 5.80. The first-order valence-corrected chi connectivity index (χ1v) is 10.0. The summed E-state index contributed by atoms with van der Waals surface area (Å²) in [7, 11) is 4.14. The van der Waals surface area contributed by atoms with Crippen LogP contribution in [0.3, 0.4) is 0 Å². The fourth-order valence-electron chi connectivity index (χ4n) is 4.21. The number of rotatable bonds is 6. The zero-order valence-corrected chi connectivity index (χ0v) is 16.3. The molecule has 1 fully saturated rings. The van der Waals surface area contributed by atoms with E-state index < -0.39 is 0 Å². The molecule has 1 aliphatic heterocycles. The molecule has 0 N–H and O–H groups in total. The van der Waals surface area contributed by atoms with Crippen LogP contribution in [-0.4, -0.2) is 64.2 Å². The fraction of sp³-hybridized carbons (Fsp3) is 0.571. The molecule has 0 bridgehead atoms. The van der Waals surface area contributed by atoms with Gasteiger partial charge in [-0.2, -0.15) is 5.10 Å². The van der Waals surface area contributed by atoms with Gasteiger partial charge in [-0.25, -0.2) is 9.67 Å². The molecule has 1 aliphatic carbocycles. The topological polar surface area (TPSA) is 54.3 Å². The zero-order valence-electron chi connectivity index (χ0n) is 16.3. The van der Waals surface area contributed by atoms with Crippen molar-refractivity contribution in [2.75, 3.05) is 33.7 Å². The van der Waals surface area contributed by atoms with Gasteiger partial charge in [-0.1, -0.05) is 12.2 Å². The van der Waals surface area contributed by atoms with E-state index >= 15 is 0 Å². The lowest BCUT2D eigenvalue weighted by molar-refractivity contribution is -0.130. The van der Waals surface area contributed by atoms with Crippen molar-refractivity contribution in [1.82, 2.24) is 24.6 Å². The average molecular weight is 367 g/mol. The van der Waals surface area contributed by atoms with Crippen LogP contribution < -0.4 is 0 Å². The molecule has 1 saturated heterocycles. The van der Waals surface area contributed by atoms with Gasteiger partial charge in [0, 0.05) is 43.6 Å². The first-order chi connectivity index (χ1) is 13.1. The highest BCUT2D eigenvalue weighted by atomic mass is 16.2. The molecule has 6 heteroatoms. The Labute approximate surface area is 160 Å². The van der Waals surface area contributed by atoms with Crippen molar-refractivity contribution >= 4 is 16.9 Å². The van der Waals surface area contributed by atoms with Crippen molar-refractivity contribution in [3.05, 3.63) is 36.2 Å². The monoisotopic (exact) mass is 367 g/mol. The molecular formula is C21H29N5O. The summed E-state index contributed by atoms with van der Waals surface area (Å²) in [4.78, 5) is 21.4. The standard InChI is InChI=1S/C21H29N5O/c1-24(2)12-13-26-21-18(8-5-10-22-21)20(23-26)17-9-11-25(15-17)19(27)14-16-6-3-4-7-16/h3,5-6,8,10,16-17H,4,7,9,11-15H2,1-2H3/t16-,17-/m0/s1. The summed E-state index contributed by atoms with van der Waals surface area (Å²) in [5, 5.41) is 6.05. The maximum absolute atomic E-state index is 12.7. The molecule has 2 aromatic heterocycles. The Morgan fingerprint density at radius 1 is 1.33 bits per heavy atom. The van der Waals surface area contributed by atoms with Crippen LogP contribution in [-0.2, 0) is 11.3 Å². The van der Waals surface area contributed by atoms with E-state index in [0.717, 1.165) is 62.2 Å². The van der Waals surface area contributed by atoms with Crippen LogP contribution in [0.25, 0.3) is 11.0 Å². The normalized spacial score (nSPS) is 22.4. The second-order valence-corrected chi connectivity index (χ2v) is 8.08. The number of carbonyl (C=O) groups excluding carboxylic acids is 1. The molecule has 1 amide bonds. The van der Waals surface area contributed by atoms with Crippen molar-refractivity contribution in [2.24, 2.45) is 5.92 Å². The molecule has 6 nitrogen and oxygen atoms in total. The largest absolute Gasteiger partial charge is 0.342 e. The number of hydrogen-bond donors (Lipinski definition) is 0. The van der Waals surface area contributed by atoms with Gasteiger partial charge in [0.1, 0.15) is 0 Å². The minimum absolute atomic E-state index is 0.295. The smallest absolute Gasteiger partial charge is 0.223 e. The quantitative estimate of drug-likeness (QED) is 0.737. The number of nitrogens with zero attached hydrogens (tertiary/aromatic N) is 5. The third-order valence-corrected chi connectivity index (χ3v) is 5.77. The van der Waals surface area contributed by atoms with Crippen LogP contribution >= 0.6 is 0 Å². The van der Waals surface area contributed by atoms with Crippen LogP contribution in [0.1, 0.15) is 37.3 Å². The number of aromatic nitrogens is 3. The highest BCUT2D eigenvalue weighted by Crippen LogP contribution is 2.32. The Kier molecular flexibility index (Phi) is 5.25. The molecule has 144 valence electrons. The van der Waals surface area contributed by atoms with Crippen molar-refractivity contribution in [2.45, 2.75) is 38.1 Å². The lowest BCUT2D eigenvalue weighted by atomic mass is 10.0. The van der Waals surface area contributed by atoms with Gasteiger partial charge in [0.25, 0.3) is 0 Å². The summed E-state index contributed by atoms with van der Waals surface area (Å²) in [5.74, 6) is 1.04. The number of pyridine rings is 1. The average Bonchev–Trinajstić information content (AvgIpc) is 3.39. The number of hydrogen-bond acceptors (Lipinski definition) is 4. The molecular weight excluding hydrogens is 338 g/mol. The third-order valence-electron chi connectivity index (χ3n) is 5.77. The summed E-state index contributed by atoms with van der Waals surface area (Å²) < 4.78 is 2.03. The Balaban J connectivity index is 1.49. The summed E-state index contributed by atoms with van der Waals surface area (Å²) in [6, 6.07) is 4.10. The van der Waals surface area contributed by atoms with Gasteiger partial charge in [-0.3, -0.25) is 4.79 Å². The number of likely N-dealkylation sites (N-methyl/N-ethyl adjacent to an activating group) is 1. The van der Waals surface area contributed by atoms with Crippen LogP contribution in [0, 0.1) is 5.92 Å². The van der Waals surface area contributed by atoms with E-state index in [2.05, 4.69) is 42.2 Å². The van der Waals surface area contributed by atoms with Gasteiger partial charge in [0.2, 0.25) is 5.91 Å². The molecule has 0 unspecified atom stereocenters.